The van der Waals surface area contributed by atoms with Gasteiger partial charge in [-0.05, 0) is 52.1 Å². The Labute approximate surface area is 127 Å². The fourth-order valence-electron chi connectivity index (χ4n) is 1.81. The van der Waals surface area contributed by atoms with Crippen molar-refractivity contribution in [1.82, 2.24) is 10.2 Å². The molecule has 5 heteroatoms. The zero-order valence-corrected chi connectivity index (χ0v) is 13.4. The summed E-state index contributed by atoms with van der Waals surface area (Å²) in [4.78, 5) is 13.5. The summed E-state index contributed by atoms with van der Waals surface area (Å²) >= 11 is 0. The highest BCUT2D eigenvalue weighted by atomic mass is 16.5. The monoisotopic (exact) mass is 294 g/mol. The summed E-state index contributed by atoms with van der Waals surface area (Å²) in [5.74, 6) is 1.68. The number of carbonyl (C=O) groups is 1. The van der Waals surface area contributed by atoms with Gasteiger partial charge in [-0.15, -0.1) is 0 Å². The lowest BCUT2D eigenvalue weighted by Gasteiger charge is -2.17. The van der Waals surface area contributed by atoms with E-state index in [0.29, 0.717) is 26.3 Å². The van der Waals surface area contributed by atoms with Gasteiger partial charge in [0, 0.05) is 12.6 Å². The minimum Gasteiger partial charge on any atom is -0.494 e. The lowest BCUT2D eigenvalue weighted by Crippen LogP contribution is -2.39. The molecule has 0 heterocycles. The van der Waals surface area contributed by atoms with Gasteiger partial charge < -0.3 is 14.8 Å². The van der Waals surface area contributed by atoms with E-state index >= 15 is 0 Å². The largest absolute Gasteiger partial charge is 0.494 e. The standard InChI is InChI=1S/C16H26N2O3/c1-5-20-14-6-8-15(9-7-14)21-11-10-18(4)12-16(19)17-13(2)3/h6-9,13H,5,10-12H2,1-4H3,(H,17,19). The summed E-state index contributed by atoms with van der Waals surface area (Å²) in [5.41, 5.74) is 0. The number of benzene rings is 1. The van der Waals surface area contributed by atoms with Crippen LogP contribution in [-0.4, -0.2) is 50.2 Å². The minimum atomic E-state index is 0.0357. The molecule has 0 aromatic heterocycles. The van der Waals surface area contributed by atoms with E-state index in [1.165, 1.54) is 0 Å². The van der Waals surface area contributed by atoms with E-state index in [4.69, 9.17) is 9.47 Å². The SMILES string of the molecule is CCOc1ccc(OCCN(C)CC(=O)NC(C)C)cc1. The number of nitrogens with one attached hydrogen (secondary N) is 1. The molecule has 1 aromatic carbocycles. The second kappa shape index (κ2) is 9.23. The number of hydrogen-bond acceptors (Lipinski definition) is 4. The highest BCUT2D eigenvalue weighted by molar-refractivity contribution is 5.78. The summed E-state index contributed by atoms with van der Waals surface area (Å²) in [7, 11) is 1.90. The lowest BCUT2D eigenvalue weighted by molar-refractivity contribution is -0.122. The van der Waals surface area contributed by atoms with Crippen molar-refractivity contribution in [3.8, 4) is 11.5 Å². The second-order valence-electron chi connectivity index (χ2n) is 5.21. The Kier molecular flexibility index (Phi) is 7.61. The van der Waals surface area contributed by atoms with Crippen molar-refractivity contribution >= 4 is 5.91 Å². The number of hydrogen-bond donors (Lipinski definition) is 1. The van der Waals surface area contributed by atoms with Crippen molar-refractivity contribution < 1.29 is 14.3 Å². The molecule has 0 atom stereocenters. The molecule has 0 unspecified atom stereocenters. The molecule has 118 valence electrons. The molecule has 21 heavy (non-hydrogen) atoms. The Balaban J connectivity index is 2.24. The van der Waals surface area contributed by atoms with Crippen molar-refractivity contribution in [2.75, 3.05) is 33.4 Å². The third-order valence-corrected chi connectivity index (χ3v) is 2.74. The van der Waals surface area contributed by atoms with Gasteiger partial charge in [0.25, 0.3) is 0 Å². The van der Waals surface area contributed by atoms with Crippen LogP contribution in [0.5, 0.6) is 11.5 Å². The van der Waals surface area contributed by atoms with Crippen molar-refractivity contribution in [3.63, 3.8) is 0 Å². The molecule has 1 N–H and O–H groups in total. The third kappa shape index (κ3) is 7.56. The van der Waals surface area contributed by atoms with Gasteiger partial charge >= 0.3 is 0 Å². The van der Waals surface area contributed by atoms with Crippen LogP contribution in [0.2, 0.25) is 0 Å². The Morgan fingerprint density at radius 3 is 2.29 bits per heavy atom. The quantitative estimate of drug-likeness (QED) is 0.756. The number of carbonyl (C=O) groups excluding carboxylic acids is 1. The summed E-state index contributed by atoms with van der Waals surface area (Å²) < 4.78 is 11.0. The predicted molar refractivity (Wildman–Crippen MR) is 83.9 cm³/mol. The van der Waals surface area contributed by atoms with Crippen LogP contribution in [0.15, 0.2) is 24.3 Å². The van der Waals surface area contributed by atoms with E-state index in [9.17, 15) is 4.79 Å². The van der Waals surface area contributed by atoms with Crippen molar-refractivity contribution in [1.29, 1.82) is 0 Å². The fraction of sp³-hybridized carbons (Fsp3) is 0.562. The summed E-state index contributed by atoms with van der Waals surface area (Å²) in [6.45, 7) is 8.13. The molecule has 1 amide bonds. The number of nitrogens with zero attached hydrogens (tertiary/aromatic N) is 1. The predicted octanol–water partition coefficient (Wildman–Crippen LogP) is 1.92. The molecular formula is C16H26N2O3. The average Bonchev–Trinajstić information content (AvgIpc) is 2.40. The first-order valence-corrected chi connectivity index (χ1v) is 7.34. The summed E-state index contributed by atoms with van der Waals surface area (Å²) in [5, 5.41) is 2.86. The maximum absolute atomic E-state index is 11.6. The van der Waals surface area contributed by atoms with Crippen LogP contribution in [0.25, 0.3) is 0 Å². The Morgan fingerprint density at radius 2 is 1.76 bits per heavy atom. The van der Waals surface area contributed by atoms with Gasteiger partial charge in [-0.1, -0.05) is 0 Å². The van der Waals surface area contributed by atoms with Gasteiger partial charge in [-0.2, -0.15) is 0 Å². The Hall–Kier alpha value is -1.75. The lowest BCUT2D eigenvalue weighted by atomic mass is 10.3. The molecule has 0 aliphatic rings. The topological polar surface area (TPSA) is 50.8 Å². The van der Waals surface area contributed by atoms with Crippen LogP contribution < -0.4 is 14.8 Å². The van der Waals surface area contributed by atoms with E-state index in [1.54, 1.807) is 0 Å². The molecule has 0 aliphatic carbocycles. The molecule has 0 aliphatic heterocycles. The summed E-state index contributed by atoms with van der Waals surface area (Å²) in [6, 6.07) is 7.72. The molecule has 0 bridgehead atoms. The van der Waals surface area contributed by atoms with Gasteiger partial charge in [0.1, 0.15) is 18.1 Å². The van der Waals surface area contributed by atoms with E-state index in [2.05, 4.69) is 5.32 Å². The number of amides is 1. The molecule has 0 radical (unpaired) electrons. The molecule has 1 aromatic rings. The normalized spacial score (nSPS) is 10.8. The highest BCUT2D eigenvalue weighted by Crippen LogP contribution is 2.17. The molecule has 0 spiro atoms. The van der Waals surface area contributed by atoms with Crippen molar-refractivity contribution in [3.05, 3.63) is 24.3 Å². The zero-order chi connectivity index (χ0) is 15.7. The smallest absolute Gasteiger partial charge is 0.234 e. The third-order valence-electron chi connectivity index (χ3n) is 2.74. The highest BCUT2D eigenvalue weighted by Gasteiger charge is 2.07. The molecule has 0 fully saturated rings. The van der Waals surface area contributed by atoms with Gasteiger partial charge in [0.2, 0.25) is 5.91 Å². The molecule has 1 rings (SSSR count). The average molecular weight is 294 g/mol. The van der Waals surface area contributed by atoms with Gasteiger partial charge in [0.15, 0.2) is 0 Å². The zero-order valence-electron chi connectivity index (χ0n) is 13.4. The second-order valence-corrected chi connectivity index (χ2v) is 5.21. The van der Waals surface area contributed by atoms with Crippen LogP contribution in [-0.2, 0) is 4.79 Å². The van der Waals surface area contributed by atoms with Crippen molar-refractivity contribution in [2.45, 2.75) is 26.8 Å². The van der Waals surface area contributed by atoms with E-state index in [1.807, 2.05) is 57.0 Å². The van der Waals surface area contributed by atoms with Crippen molar-refractivity contribution in [2.24, 2.45) is 0 Å². The minimum absolute atomic E-state index is 0.0357. The van der Waals surface area contributed by atoms with Gasteiger partial charge in [-0.25, -0.2) is 0 Å². The first-order valence-electron chi connectivity index (χ1n) is 7.34. The van der Waals surface area contributed by atoms with Crippen LogP contribution in [0.3, 0.4) is 0 Å². The number of ether oxygens (including phenoxy) is 2. The van der Waals surface area contributed by atoms with Crippen LogP contribution in [0.4, 0.5) is 0 Å². The molecule has 0 saturated carbocycles. The van der Waals surface area contributed by atoms with E-state index in [-0.39, 0.29) is 11.9 Å². The Morgan fingerprint density at radius 1 is 1.19 bits per heavy atom. The maximum atomic E-state index is 11.6. The maximum Gasteiger partial charge on any atom is 0.234 e. The van der Waals surface area contributed by atoms with Crippen LogP contribution in [0.1, 0.15) is 20.8 Å². The van der Waals surface area contributed by atoms with Crippen LogP contribution >= 0.6 is 0 Å². The molecule has 0 saturated heterocycles. The van der Waals surface area contributed by atoms with E-state index < -0.39 is 0 Å². The van der Waals surface area contributed by atoms with Crippen LogP contribution in [0, 0.1) is 0 Å². The van der Waals surface area contributed by atoms with Gasteiger partial charge in [0.05, 0.1) is 13.2 Å². The molecular weight excluding hydrogens is 268 g/mol. The number of likely N-dealkylation sites (N-methyl/N-ethyl adjacent to an activating group) is 1. The van der Waals surface area contributed by atoms with E-state index in [0.717, 1.165) is 11.5 Å². The molecule has 5 nitrogen and oxygen atoms in total. The first kappa shape index (κ1) is 17.3. The Bertz CT molecular complexity index is 418. The fourth-order valence-corrected chi connectivity index (χ4v) is 1.81. The first-order chi connectivity index (χ1) is 10.0. The number of rotatable bonds is 9. The van der Waals surface area contributed by atoms with Gasteiger partial charge in [-0.3, -0.25) is 9.69 Å². The summed E-state index contributed by atoms with van der Waals surface area (Å²) in [6.07, 6.45) is 0.